The zero-order valence-corrected chi connectivity index (χ0v) is 15.3. The van der Waals surface area contributed by atoms with Crippen molar-refractivity contribution in [2.45, 2.75) is 37.5 Å². The molecule has 1 saturated heterocycles. The van der Waals surface area contributed by atoms with Crippen molar-refractivity contribution in [1.29, 1.82) is 0 Å². The van der Waals surface area contributed by atoms with Gasteiger partial charge in [0.2, 0.25) is 11.8 Å². The van der Waals surface area contributed by atoms with Gasteiger partial charge in [0.05, 0.1) is 5.69 Å². The van der Waals surface area contributed by atoms with Crippen molar-refractivity contribution < 1.29 is 13.6 Å². The number of aromatic nitrogens is 4. The Kier molecular flexibility index (Phi) is 4.18. The largest absolute Gasteiger partial charge is 0.425 e. The van der Waals surface area contributed by atoms with Crippen molar-refractivity contribution in [1.82, 2.24) is 25.3 Å². The van der Waals surface area contributed by atoms with Gasteiger partial charge in [0.15, 0.2) is 0 Å². The molecule has 1 amide bonds. The van der Waals surface area contributed by atoms with Gasteiger partial charge in [0, 0.05) is 30.5 Å². The van der Waals surface area contributed by atoms with E-state index < -0.39 is 0 Å². The number of carbonyl (C=O) groups excluding carboxylic acids is 1. The molecule has 1 saturated carbocycles. The number of rotatable bonds is 4. The first-order valence-electron chi connectivity index (χ1n) is 9.61. The SMILES string of the molecule is O=C(c1cc(-c2ccc(F)cc2)n[nH]1)N1CCC(c2nnc(C3CC3)o2)CC1. The highest BCUT2D eigenvalue weighted by Crippen LogP contribution is 2.40. The number of carbonyl (C=O) groups is 1. The fraction of sp³-hybridized carbons (Fsp3) is 0.400. The number of aromatic amines is 1. The Hall–Kier alpha value is -3.03. The number of benzene rings is 1. The lowest BCUT2D eigenvalue weighted by molar-refractivity contribution is 0.0700. The highest BCUT2D eigenvalue weighted by atomic mass is 19.1. The average molecular weight is 381 g/mol. The standard InChI is InChI=1S/C20H20FN5O2/c21-15-5-3-12(4-6-15)16-11-17(23-22-16)20(27)26-9-7-14(8-10-26)19-25-24-18(28-19)13-1-2-13/h3-6,11,13-14H,1-2,7-10H2,(H,22,23). The van der Waals surface area contributed by atoms with Gasteiger partial charge in [-0.25, -0.2) is 4.39 Å². The predicted molar refractivity (Wildman–Crippen MR) is 98.1 cm³/mol. The monoisotopic (exact) mass is 381 g/mol. The molecular weight excluding hydrogens is 361 g/mol. The molecule has 3 heterocycles. The molecule has 2 aromatic heterocycles. The van der Waals surface area contributed by atoms with E-state index >= 15 is 0 Å². The first kappa shape index (κ1) is 17.1. The molecule has 0 bridgehead atoms. The molecule has 8 heteroatoms. The Morgan fingerprint density at radius 2 is 1.68 bits per heavy atom. The number of piperidine rings is 1. The van der Waals surface area contributed by atoms with Gasteiger partial charge in [0.25, 0.3) is 5.91 Å². The van der Waals surface area contributed by atoms with Crippen LogP contribution in [0, 0.1) is 5.82 Å². The van der Waals surface area contributed by atoms with Crippen molar-refractivity contribution in [3.8, 4) is 11.3 Å². The lowest BCUT2D eigenvalue weighted by Crippen LogP contribution is -2.38. The van der Waals surface area contributed by atoms with Crippen LogP contribution in [-0.4, -0.2) is 44.3 Å². The minimum atomic E-state index is -0.302. The lowest BCUT2D eigenvalue weighted by atomic mass is 9.96. The fourth-order valence-electron chi connectivity index (χ4n) is 3.61. The topological polar surface area (TPSA) is 87.9 Å². The summed E-state index contributed by atoms with van der Waals surface area (Å²) >= 11 is 0. The van der Waals surface area contributed by atoms with Crippen molar-refractivity contribution in [2.24, 2.45) is 0 Å². The van der Waals surface area contributed by atoms with Crippen LogP contribution < -0.4 is 0 Å². The molecule has 2 fully saturated rings. The smallest absolute Gasteiger partial charge is 0.271 e. The molecule has 7 nitrogen and oxygen atoms in total. The number of likely N-dealkylation sites (tertiary alicyclic amines) is 1. The summed E-state index contributed by atoms with van der Waals surface area (Å²) in [4.78, 5) is 14.6. The maximum Gasteiger partial charge on any atom is 0.271 e. The molecule has 144 valence electrons. The van der Waals surface area contributed by atoms with Gasteiger partial charge in [-0.2, -0.15) is 5.10 Å². The van der Waals surface area contributed by atoms with Gasteiger partial charge in [-0.05, 0) is 56.0 Å². The van der Waals surface area contributed by atoms with E-state index in [2.05, 4.69) is 20.4 Å². The van der Waals surface area contributed by atoms with Crippen LogP contribution in [0.15, 0.2) is 34.7 Å². The summed E-state index contributed by atoms with van der Waals surface area (Å²) in [5, 5.41) is 15.4. The Morgan fingerprint density at radius 3 is 2.32 bits per heavy atom. The number of amides is 1. The van der Waals surface area contributed by atoms with Crippen LogP contribution in [0.3, 0.4) is 0 Å². The van der Waals surface area contributed by atoms with Crippen LogP contribution in [0.5, 0.6) is 0 Å². The second-order valence-electron chi connectivity index (χ2n) is 7.49. The third-order valence-electron chi connectivity index (χ3n) is 5.46. The van der Waals surface area contributed by atoms with Crippen molar-refractivity contribution >= 4 is 5.91 Å². The van der Waals surface area contributed by atoms with E-state index in [-0.39, 0.29) is 17.6 Å². The summed E-state index contributed by atoms with van der Waals surface area (Å²) in [6.45, 7) is 1.27. The molecule has 2 aliphatic rings. The van der Waals surface area contributed by atoms with Gasteiger partial charge < -0.3 is 9.32 Å². The number of halogens is 1. The first-order valence-corrected chi connectivity index (χ1v) is 9.61. The molecule has 1 aromatic carbocycles. The van der Waals surface area contributed by atoms with E-state index in [1.54, 1.807) is 18.2 Å². The molecule has 3 aromatic rings. The molecule has 1 N–H and O–H groups in total. The maximum absolute atomic E-state index is 13.1. The Labute approximate surface area is 161 Å². The fourth-order valence-corrected chi connectivity index (χ4v) is 3.61. The van der Waals surface area contributed by atoms with E-state index in [1.165, 1.54) is 12.1 Å². The molecule has 1 aliphatic heterocycles. The van der Waals surface area contributed by atoms with E-state index in [4.69, 9.17) is 4.42 Å². The average Bonchev–Trinajstić information content (AvgIpc) is 3.26. The first-order chi connectivity index (χ1) is 13.7. The summed E-state index contributed by atoms with van der Waals surface area (Å²) in [7, 11) is 0. The van der Waals surface area contributed by atoms with Crippen molar-refractivity contribution in [3.63, 3.8) is 0 Å². The van der Waals surface area contributed by atoms with E-state index in [1.807, 2.05) is 4.90 Å². The van der Waals surface area contributed by atoms with Gasteiger partial charge in [-0.1, -0.05) is 0 Å². The van der Waals surface area contributed by atoms with Crippen molar-refractivity contribution in [3.05, 3.63) is 53.6 Å². The molecule has 0 spiro atoms. The van der Waals surface area contributed by atoms with Crippen LogP contribution in [-0.2, 0) is 0 Å². The normalized spacial score (nSPS) is 17.8. The van der Waals surface area contributed by atoms with Crippen LogP contribution in [0.4, 0.5) is 4.39 Å². The number of hydrogen-bond donors (Lipinski definition) is 1. The highest BCUT2D eigenvalue weighted by molar-refractivity contribution is 5.93. The van der Waals surface area contributed by atoms with Crippen LogP contribution in [0.25, 0.3) is 11.3 Å². The molecule has 0 unspecified atom stereocenters. The quantitative estimate of drug-likeness (QED) is 0.747. The Bertz CT molecular complexity index is 984. The van der Waals surface area contributed by atoms with Gasteiger partial charge in [-0.3, -0.25) is 9.89 Å². The molecule has 0 atom stereocenters. The van der Waals surface area contributed by atoms with Gasteiger partial charge in [0.1, 0.15) is 11.5 Å². The Balaban J connectivity index is 1.22. The summed E-state index contributed by atoms with van der Waals surface area (Å²) in [5.41, 5.74) is 1.82. The van der Waals surface area contributed by atoms with Crippen LogP contribution >= 0.6 is 0 Å². The number of H-pyrrole nitrogens is 1. The second-order valence-corrected chi connectivity index (χ2v) is 7.49. The zero-order chi connectivity index (χ0) is 19.1. The summed E-state index contributed by atoms with van der Waals surface area (Å²) < 4.78 is 18.9. The Morgan fingerprint density at radius 1 is 1.04 bits per heavy atom. The minimum Gasteiger partial charge on any atom is -0.425 e. The number of hydrogen-bond acceptors (Lipinski definition) is 5. The summed E-state index contributed by atoms with van der Waals surface area (Å²) in [6, 6.07) is 7.75. The molecule has 0 radical (unpaired) electrons. The third kappa shape index (κ3) is 3.30. The lowest BCUT2D eigenvalue weighted by Gasteiger charge is -2.30. The second kappa shape index (κ2) is 6.85. The van der Waals surface area contributed by atoms with E-state index in [0.717, 1.165) is 37.1 Å². The molecule has 5 rings (SSSR count). The predicted octanol–water partition coefficient (Wildman–Crippen LogP) is 3.50. The van der Waals surface area contributed by atoms with E-state index in [0.29, 0.717) is 36.3 Å². The van der Waals surface area contributed by atoms with Crippen LogP contribution in [0.2, 0.25) is 0 Å². The van der Waals surface area contributed by atoms with E-state index in [9.17, 15) is 9.18 Å². The van der Waals surface area contributed by atoms with Crippen molar-refractivity contribution in [2.75, 3.05) is 13.1 Å². The number of nitrogens with one attached hydrogen (secondary N) is 1. The highest BCUT2D eigenvalue weighted by Gasteiger charge is 2.32. The zero-order valence-electron chi connectivity index (χ0n) is 15.3. The van der Waals surface area contributed by atoms with Gasteiger partial charge in [-0.15, -0.1) is 10.2 Å². The third-order valence-corrected chi connectivity index (χ3v) is 5.46. The molecule has 28 heavy (non-hydrogen) atoms. The minimum absolute atomic E-state index is 0.0801. The molecule has 1 aliphatic carbocycles. The molecular formula is C20H20FN5O2. The summed E-state index contributed by atoms with van der Waals surface area (Å²) in [5.74, 6) is 1.75. The maximum atomic E-state index is 13.1. The number of nitrogens with zero attached hydrogens (tertiary/aromatic N) is 4. The summed E-state index contributed by atoms with van der Waals surface area (Å²) in [6.07, 6.45) is 3.88. The van der Waals surface area contributed by atoms with Gasteiger partial charge >= 0.3 is 0 Å². The van der Waals surface area contributed by atoms with Crippen LogP contribution in [0.1, 0.15) is 59.8 Å².